The summed E-state index contributed by atoms with van der Waals surface area (Å²) in [6.45, 7) is 5.71. The molecule has 0 bridgehead atoms. The number of hydrogen-bond acceptors (Lipinski definition) is 3. The lowest BCUT2D eigenvalue weighted by molar-refractivity contribution is 0.0175. The highest BCUT2D eigenvalue weighted by atomic mass is 79.9. The van der Waals surface area contributed by atoms with Gasteiger partial charge < -0.3 is 9.72 Å². The van der Waals surface area contributed by atoms with Gasteiger partial charge in [0.2, 0.25) is 0 Å². The Morgan fingerprint density at radius 3 is 2.91 bits per heavy atom. The van der Waals surface area contributed by atoms with E-state index in [0.717, 1.165) is 34.2 Å². The van der Waals surface area contributed by atoms with E-state index in [1.807, 2.05) is 43.9 Å². The van der Waals surface area contributed by atoms with Crippen molar-refractivity contribution in [3.8, 4) is 0 Å². The Morgan fingerprint density at radius 2 is 2.17 bits per heavy atom. The minimum absolute atomic E-state index is 0.0141. The summed E-state index contributed by atoms with van der Waals surface area (Å²) in [7, 11) is 0. The number of benzene rings is 1. The van der Waals surface area contributed by atoms with Crippen molar-refractivity contribution in [1.82, 2.24) is 14.9 Å². The number of ether oxygens (including phenoxy) is 1. The van der Waals surface area contributed by atoms with E-state index in [4.69, 9.17) is 9.72 Å². The molecule has 3 atom stereocenters. The molecule has 2 aliphatic rings. The summed E-state index contributed by atoms with van der Waals surface area (Å²) in [6.07, 6.45) is 1.82. The van der Waals surface area contributed by atoms with E-state index in [9.17, 15) is 4.79 Å². The second kappa shape index (κ2) is 4.97. The number of fused-ring (bicyclic) bond motifs is 2. The molecular formula is C17H20BrN3O2. The SMILES string of the molecule is CC(C)(C)OC(=O)N1[C@@H]2C[C@@H]2C[C@H]1c1nc2ccc(Br)cc2[nH]1. The Hall–Kier alpha value is -1.56. The minimum atomic E-state index is -0.479. The fraction of sp³-hybridized carbons (Fsp3) is 0.529. The standard InChI is InChI=1S/C17H20BrN3O2/c1-17(2,3)23-16(22)21-13-6-9(13)7-14(21)15-19-11-5-4-10(18)8-12(11)20-15/h4-5,8-9,13-14H,6-7H2,1-3H3,(H,19,20)/t9-,13-,14+/m1/s1. The average molecular weight is 378 g/mol. The van der Waals surface area contributed by atoms with Crippen LogP contribution in [0.2, 0.25) is 0 Å². The van der Waals surface area contributed by atoms with Crippen molar-refractivity contribution in [3.05, 3.63) is 28.5 Å². The normalized spacial score (nSPS) is 26.4. The van der Waals surface area contributed by atoms with Crippen molar-refractivity contribution in [2.75, 3.05) is 0 Å². The number of H-pyrrole nitrogens is 1. The average Bonchev–Trinajstić information content (AvgIpc) is 2.92. The van der Waals surface area contributed by atoms with Crippen molar-refractivity contribution in [2.24, 2.45) is 5.92 Å². The van der Waals surface area contributed by atoms with Crippen molar-refractivity contribution < 1.29 is 9.53 Å². The second-order valence-electron chi connectivity index (χ2n) is 7.49. The number of piperidine rings is 1. The zero-order valence-corrected chi connectivity index (χ0v) is 15.1. The Bertz CT molecular complexity index is 780. The molecule has 1 aliphatic carbocycles. The van der Waals surface area contributed by atoms with E-state index in [-0.39, 0.29) is 12.1 Å². The van der Waals surface area contributed by atoms with Gasteiger partial charge in [-0.25, -0.2) is 9.78 Å². The van der Waals surface area contributed by atoms with Gasteiger partial charge in [-0.05, 0) is 57.7 Å². The molecule has 1 amide bonds. The molecule has 1 saturated heterocycles. The number of likely N-dealkylation sites (tertiary alicyclic amines) is 1. The highest BCUT2D eigenvalue weighted by Crippen LogP contribution is 2.53. The highest BCUT2D eigenvalue weighted by Gasteiger charge is 2.56. The van der Waals surface area contributed by atoms with Gasteiger partial charge in [0.15, 0.2) is 0 Å². The Morgan fingerprint density at radius 1 is 1.39 bits per heavy atom. The zero-order chi connectivity index (χ0) is 16.4. The largest absolute Gasteiger partial charge is 0.444 e. The molecule has 2 heterocycles. The van der Waals surface area contributed by atoms with Gasteiger partial charge >= 0.3 is 6.09 Å². The molecule has 2 fully saturated rings. The Labute approximate surface area is 143 Å². The molecule has 1 aromatic carbocycles. The van der Waals surface area contributed by atoms with Crippen LogP contribution < -0.4 is 0 Å². The lowest BCUT2D eigenvalue weighted by atomic mass is 10.1. The number of halogens is 1. The van der Waals surface area contributed by atoms with Gasteiger partial charge in [0.25, 0.3) is 0 Å². The zero-order valence-electron chi connectivity index (χ0n) is 13.5. The van der Waals surface area contributed by atoms with Crippen LogP contribution in [0.15, 0.2) is 22.7 Å². The number of nitrogens with one attached hydrogen (secondary N) is 1. The quantitative estimate of drug-likeness (QED) is 0.801. The third-order valence-corrected chi connectivity index (χ3v) is 4.98. The van der Waals surface area contributed by atoms with Crippen molar-refractivity contribution >= 4 is 33.1 Å². The fourth-order valence-corrected chi connectivity index (χ4v) is 3.80. The van der Waals surface area contributed by atoms with Crippen LogP contribution in [0.25, 0.3) is 11.0 Å². The van der Waals surface area contributed by atoms with Crippen LogP contribution in [0, 0.1) is 5.92 Å². The number of nitrogens with zero attached hydrogens (tertiary/aromatic N) is 2. The number of aromatic nitrogens is 2. The van der Waals surface area contributed by atoms with E-state index < -0.39 is 5.60 Å². The van der Waals surface area contributed by atoms with Gasteiger partial charge in [0.05, 0.1) is 17.1 Å². The molecule has 2 aromatic rings. The summed E-state index contributed by atoms with van der Waals surface area (Å²) in [5, 5.41) is 0. The maximum absolute atomic E-state index is 12.6. The van der Waals surface area contributed by atoms with Gasteiger partial charge in [-0.15, -0.1) is 0 Å². The first-order chi connectivity index (χ1) is 10.8. The van der Waals surface area contributed by atoms with Gasteiger partial charge in [0.1, 0.15) is 11.4 Å². The van der Waals surface area contributed by atoms with Crippen LogP contribution in [0.3, 0.4) is 0 Å². The van der Waals surface area contributed by atoms with Crippen molar-refractivity contribution in [1.29, 1.82) is 0 Å². The smallest absolute Gasteiger partial charge is 0.411 e. The first-order valence-electron chi connectivity index (χ1n) is 7.98. The summed E-state index contributed by atoms with van der Waals surface area (Å²) in [5.41, 5.74) is 1.43. The number of aromatic amines is 1. The maximum Gasteiger partial charge on any atom is 0.411 e. The van der Waals surface area contributed by atoms with E-state index >= 15 is 0 Å². The van der Waals surface area contributed by atoms with E-state index in [1.54, 1.807) is 0 Å². The molecule has 0 unspecified atom stereocenters. The number of amides is 1. The first kappa shape index (κ1) is 15.0. The van der Waals surface area contributed by atoms with Crippen LogP contribution in [-0.4, -0.2) is 32.6 Å². The van der Waals surface area contributed by atoms with Crippen LogP contribution in [-0.2, 0) is 4.74 Å². The lowest BCUT2D eigenvalue weighted by Crippen LogP contribution is -2.38. The number of rotatable bonds is 1. The Kier molecular flexibility index (Phi) is 3.24. The van der Waals surface area contributed by atoms with Gasteiger partial charge in [-0.1, -0.05) is 15.9 Å². The summed E-state index contributed by atoms with van der Waals surface area (Å²) in [6, 6.07) is 6.27. The molecule has 6 heteroatoms. The maximum atomic E-state index is 12.6. The topological polar surface area (TPSA) is 58.2 Å². The molecule has 1 aromatic heterocycles. The summed E-state index contributed by atoms with van der Waals surface area (Å²) < 4.78 is 6.61. The predicted molar refractivity (Wildman–Crippen MR) is 91.1 cm³/mol. The number of imidazole rings is 1. The minimum Gasteiger partial charge on any atom is -0.444 e. The van der Waals surface area contributed by atoms with Gasteiger partial charge in [0, 0.05) is 10.5 Å². The van der Waals surface area contributed by atoms with E-state index in [1.165, 1.54) is 0 Å². The molecule has 5 nitrogen and oxygen atoms in total. The summed E-state index contributed by atoms with van der Waals surface area (Å²) in [4.78, 5) is 22.6. The fourth-order valence-electron chi connectivity index (χ4n) is 3.44. The van der Waals surface area contributed by atoms with Gasteiger partial charge in [-0.2, -0.15) is 0 Å². The number of hydrogen-bond donors (Lipinski definition) is 1. The van der Waals surface area contributed by atoms with Gasteiger partial charge in [-0.3, -0.25) is 4.90 Å². The van der Waals surface area contributed by atoms with E-state index in [0.29, 0.717) is 12.0 Å². The van der Waals surface area contributed by atoms with Crippen molar-refractivity contribution in [2.45, 2.75) is 51.3 Å². The molecular weight excluding hydrogens is 358 g/mol. The molecule has 1 aliphatic heterocycles. The second-order valence-corrected chi connectivity index (χ2v) is 8.40. The van der Waals surface area contributed by atoms with Crippen LogP contribution in [0.4, 0.5) is 4.79 Å². The van der Waals surface area contributed by atoms with Crippen LogP contribution in [0.1, 0.15) is 45.5 Å². The predicted octanol–water partition coefficient (Wildman–Crippen LogP) is 4.40. The van der Waals surface area contributed by atoms with Crippen molar-refractivity contribution in [3.63, 3.8) is 0 Å². The van der Waals surface area contributed by atoms with Crippen LogP contribution in [0.5, 0.6) is 0 Å². The molecule has 122 valence electrons. The molecule has 4 rings (SSSR count). The van der Waals surface area contributed by atoms with Crippen LogP contribution >= 0.6 is 15.9 Å². The molecule has 0 spiro atoms. The number of carbonyl (C=O) groups is 1. The molecule has 1 saturated carbocycles. The summed E-state index contributed by atoms with van der Waals surface area (Å²) in [5.74, 6) is 1.45. The molecule has 23 heavy (non-hydrogen) atoms. The third kappa shape index (κ3) is 2.73. The first-order valence-corrected chi connectivity index (χ1v) is 8.77. The van der Waals surface area contributed by atoms with E-state index in [2.05, 4.69) is 20.9 Å². The molecule has 0 radical (unpaired) electrons. The number of carbonyl (C=O) groups excluding carboxylic acids is 1. The monoisotopic (exact) mass is 377 g/mol. The third-order valence-electron chi connectivity index (χ3n) is 4.49. The lowest BCUT2D eigenvalue weighted by Gasteiger charge is -2.29. The highest BCUT2D eigenvalue weighted by molar-refractivity contribution is 9.10. The summed E-state index contributed by atoms with van der Waals surface area (Å²) >= 11 is 3.48. The molecule has 1 N–H and O–H groups in total. The Balaban J connectivity index is 1.65.